The first kappa shape index (κ1) is 17.1. The van der Waals surface area contributed by atoms with E-state index in [9.17, 15) is 18.0 Å². The number of halogens is 3. The fraction of sp³-hybridized carbons (Fsp3) is 0.118. The van der Waals surface area contributed by atoms with Crippen LogP contribution in [0.4, 0.5) is 18.3 Å². The van der Waals surface area contributed by atoms with Gasteiger partial charge in [-0.15, -0.1) is 0 Å². The summed E-state index contributed by atoms with van der Waals surface area (Å²) >= 11 is 1.25. The van der Waals surface area contributed by atoms with Crippen LogP contribution in [-0.4, -0.2) is 15.9 Å². The Kier molecular flexibility index (Phi) is 4.54. The van der Waals surface area contributed by atoms with Crippen LogP contribution in [-0.2, 0) is 11.0 Å². The smallest absolute Gasteiger partial charge is 0.302 e. The van der Waals surface area contributed by atoms with E-state index in [0.717, 1.165) is 22.6 Å². The molecule has 0 aliphatic carbocycles. The monoisotopic (exact) mass is 363 g/mol. The lowest BCUT2D eigenvalue weighted by atomic mass is 10.1. The summed E-state index contributed by atoms with van der Waals surface area (Å²) < 4.78 is 38.2. The Hall–Kier alpha value is -2.74. The highest BCUT2D eigenvalue weighted by molar-refractivity contribution is 7.19. The Morgan fingerprint density at radius 3 is 2.24 bits per heavy atom. The molecule has 2 heterocycles. The van der Waals surface area contributed by atoms with Gasteiger partial charge in [-0.2, -0.15) is 13.2 Å². The van der Waals surface area contributed by atoms with Crippen LogP contribution >= 0.6 is 11.3 Å². The molecule has 0 aliphatic heterocycles. The van der Waals surface area contributed by atoms with Gasteiger partial charge in [0.05, 0.1) is 16.1 Å². The number of rotatable bonds is 3. The van der Waals surface area contributed by atoms with Gasteiger partial charge in [-0.3, -0.25) is 9.78 Å². The van der Waals surface area contributed by atoms with Crippen LogP contribution in [0.1, 0.15) is 12.5 Å². The van der Waals surface area contributed by atoms with Crippen LogP contribution in [0.2, 0.25) is 0 Å². The number of alkyl halides is 3. The van der Waals surface area contributed by atoms with E-state index in [1.165, 1.54) is 30.4 Å². The van der Waals surface area contributed by atoms with Crippen molar-refractivity contribution >= 4 is 22.4 Å². The zero-order valence-electron chi connectivity index (χ0n) is 13.0. The van der Waals surface area contributed by atoms with Crippen molar-refractivity contribution in [2.75, 3.05) is 5.32 Å². The molecule has 25 heavy (non-hydrogen) atoms. The summed E-state index contributed by atoms with van der Waals surface area (Å²) in [6, 6.07) is 8.34. The van der Waals surface area contributed by atoms with E-state index in [0.29, 0.717) is 16.4 Å². The molecule has 1 N–H and O–H groups in total. The molecule has 0 atom stereocenters. The SMILES string of the molecule is CC(=O)Nc1nc(-c2ccc(C(F)(F)F)cc2)c(-c2ccncc2)s1. The molecule has 0 bridgehead atoms. The fourth-order valence-electron chi connectivity index (χ4n) is 2.24. The molecular formula is C17H12F3N3OS. The molecule has 0 radical (unpaired) electrons. The second-order valence-corrected chi connectivity index (χ2v) is 6.19. The summed E-state index contributed by atoms with van der Waals surface area (Å²) in [5.41, 5.74) is 1.14. The summed E-state index contributed by atoms with van der Waals surface area (Å²) in [6.45, 7) is 1.37. The third-order valence-corrected chi connectivity index (χ3v) is 4.36. The van der Waals surface area contributed by atoms with Gasteiger partial charge in [-0.25, -0.2) is 4.98 Å². The number of aromatic nitrogens is 2. The predicted octanol–water partition coefficient (Wildman–Crippen LogP) is 4.85. The van der Waals surface area contributed by atoms with Crippen molar-refractivity contribution in [3.63, 3.8) is 0 Å². The molecular weight excluding hydrogens is 351 g/mol. The van der Waals surface area contributed by atoms with Crippen LogP contribution in [0.5, 0.6) is 0 Å². The molecule has 0 aliphatic rings. The van der Waals surface area contributed by atoms with Gasteiger partial charge in [0.1, 0.15) is 0 Å². The van der Waals surface area contributed by atoms with E-state index >= 15 is 0 Å². The topological polar surface area (TPSA) is 54.9 Å². The minimum atomic E-state index is -4.39. The maximum absolute atomic E-state index is 12.7. The van der Waals surface area contributed by atoms with Gasteiger partial charge in [0, 0.05) is 24.9 Å². The minimum Gasteiger partial charge on any atom is -0.302 e. The summed E-state index contributed by atoms with van der Waals surface area (Å²) in [6.07, 6.45) is -1.16. The first-order valence-electron chi connectivity index (χ1n) is 7.21. The lowest BCUT2D eigenvalue weighted by Gasteiger charge is -2.07. The largest absolute Gasteiger partial charge is 0.416 e. The van der Waals surface area contributed by atoms with Crippen molar-refractivity contribution in [1.82, 2.24) is 9.97 Å². The maximum atomic E-state index is 12.7. The van der Waals surface area contributed by atoms with Crippen LogP contribution in [0.25, 0.3) is 21.7 Å². The molecule has 1 aromatic carbocycles. The van der Waals surface area contributed by atoms with E-state index in [2.05, 4.69) is 15.3 Å². The number of carbonyl (C=O) groups is 1. The van der Waals surface area contributed by atoms with E-state index in [4.69, 9.17) is 0 Å². The van der Waals surface area contributed by atoms with Crippen molar-refractivity contribution in [2.24, 2.45) is 0 Å². The quantitative estimate of drug-likeness (QED) is 0.724. The molecule has 0 unspecified atom stereocenters. The van der Waals surface area contributed by atoms with Gasteiger partial charge >= 0.3 is 6.18 Å². The van der Waals surface area contributed by atoms with Gasteiger partial charge in [-0.05, 0) is 29.8 Å². The highest BCUT2D eigenvalue weighted by Crippen LogP contribution is 2.39. The van der Waals surface area contributed by atoms with E-state index in [1.54, 1.807) is 24.5 Å². The van der Waals surface area contributed by atoms with Gasteiger partial charge in [0.15, 0.2) is 5.13 Å². The number of nitrogens with zero attached hydrogens (tertiary/aromatic N) is 2. The van der Waals surface area contributed by atoms with Crippen molar-refractivity contribution in [3.8, 4) is 21.7 Å². The standard InChI is InChI=1S/C17H12F3N3OS/c1-10(24)22-16-23-14(15(25-16)12-6-8-21-9-7-12)11-2-4-13(5-3-11)17(18,19)20/h2-9H,1H3,(H,22,23,24). The number of thiazole rings is 1. The van der Waals surface area contributed by atoms with Gasteiger partial charge in [-0.1, -0.05) is 23.5 Å². The first-order valence-corrected chi connectivity index (χ1v) is 8.02. The number of carbonyl (C=O) groups excluding carboxylic acids is 1. The lowest BCUT2D eigenvalue weighted by molar-refractivity contribution is -0.137. The highest BCUT2D eigenvalue weighted by Gasteiger charge is 2.30. The van der Waals surface area contributed by atoms with Crippen molar-refractivity contribution in [2.45, 2.75) is 13.1 Å². The second-order valence-electron chi connectivity index (χ2n) is 5.19. The Balaban J connectivity index is 2.08. The maximum Gasteiger partial charge on any atom is 0.416 e. The molecule has 0 fully saturated rings. The minimum absolute atomic E-state index is 0.269. The molecule has 8 heteroatoms. The normalized spacial score (nSPS) is 11.4. The number of benzene rings is 1. The number of amides is 1. The fourth-order valence-corrected chi connectivity index (χ4v) is 3.28. The average Bonchev–Trinajstić information content (AvgIpc) is 2.98. The van der Waals surface area contributed by atoms with Gasteiger partial charge < -0.3 is 5.32 Å². The first-order chi connectivity index (χ1) is 11.8. The number of anilines is 1. The summed E-state index contributed by atoms with van der Waals surface area (Å²) in [5, 5.41) is 3.00. The lowest BCUT2D eigenvalue weighted by Crippen LogP contribution is -2.05. The van der Waals surface area contributed by atoms with Crippen molar-refractivity contribution in [1.29, 1.82) is 0 Å². The molecule has 2 aromatic heterocycles. The Morgan fingerprint density at radius 1 is 1.04 bits per heavy atom. The molecule has 3 aromatic rings. The Morgan fingerprint density at radius 2 is 1.68 bits per heavy atom. The van der Waals surface area contributed by atoms with Gasteiger partial charge in [0.25, 0.3) is 0 Å². The number of nitrogens with one attached hydrogen (secondary N) is 1. The molecule has 0 spiro atoms. The van der Waals surface area contributed by atoms with E-state index < -0.39 is 11.7 Å². The molecule has 0 saturated heterocycles. The third kappa shape index (κ3) is 3.85. The number of hydrogen-bond acceptors (Lipinski definition) is 4. The molecule has 128 valence electrons. The molecule has 3 rings (SSSR count). The van der Waals surface area contributed by atoms with Crippen LogP contribution in [0, 0.1) is 0 Å². The van der Waals surface area contributed by atoms with Crippen molar-refractivity contribution in [3.05, 3.63) is 54.4 Å². The van der Waals surface area contributed by atoms with Gasteiger partial charge in [0.2, 0.25) is 5.91 Å². The Labute approximate surface area is 145 Å². The molecule has 0 saturated carbocycles. The zero-order valence-corrected chi connectivity index (χ0v) is 13.8. The van der Waals surface area contributed by atoms with E-state index in [-0.39, 0.29) is 5.91 Å². The predicted molar refractivity (Wildman–Crippen MR) is 90.1 cm³/mol. The van der Waals surface area contributed by atoms with Crippen LogP contribution in [0.15, 0.2) is 48.8 Å². The third-order valence-electron chi connectivity index (χ3n) is 3.34. The Bertz CT molecular complexity index is 890. The number of pyridine rings is 1. The zero-order chi connectivity index (χ0) is 18.0. The molecule has 4 nitrogen and oxygen atoms in total. The van der Waals surface area contributed by atoms with E-state index in [1.807, 2.05) is 0 Å². The van der Waals surface area contributed by atoms with Crippen LogP contribution < -0.4 is 5.32 Å². The molecule has 1 amide bonds. The summed E-state index contributed by atoms with van der Waals surface area (Å²) in [7, 11) is 0. The summed E-state index contributed by atoms with van der Waals surface area (Å²) in [4.78, 5) is 20.4. The second kappa shape index (κ2) is 6.64. The van der Waals surface area contributed by atoms with Crippen LogP contribution in [0.3, 0.4) is 0 Å². The average molecular weight is 363 g/mol. The summed E-state index contributed by atoms with van der Waals surface area (Å²) in [5.74, 6) is -0.269. The highest BCUT2D eigenvalue weighted by atomic mass is 32.1. The number of hydrogen-bond donors (Lipinski definition) is 1. The van der Waals surface area contributed by atoms with Crippen molar-refractivity contribution < 1.29 is 18.0 Å².